The molecule has 0 aliphatic carbocycles. The predicted molar refractivity (Wildman–Crippen MR) is 140 cm³/mol. The van der Waals surface area contributed by atoms with E-state index in [-0.39, 0.29) is 18.1 Å². The molecular weight excluding hydrogens is 515 g/mol. The number of amides is 1. The molecular formula is C28H30F3N3O5. The van der Waals surface area contributed by atoms with Gasteiger partial charge in [-0.3, -0.25) is 9.78 Å². The molecule has 208 valence electrons. The van der Waals surface area contributed by atoms with Gasteiger partial charge in [0, 0.05) is 56.7 Å². The van der Waals surface area contributed by atoms with Gasteiger partial charge in [0.15, 0.2) is 0 Å². The van der Waals surface area contributed by atoms with Crippen LogP contribution >= 0.6 is 0 Å². The van der Waals surface area contributed by atoms with E-state index in [9.17, 15) is 18.0 Å². The number of carboxylic acid groups (broad SMARTS) is 1. The van der Waals surface area contributed by atoms with Crippen molar-refractivity contribution < 1.29 is 37.3 Å². The van der Waals surface area contributed by atoms with Crippen molar-refractivity contribution in [3.05, 3.63) is 54.7 Å². The van der Waals surface area contributed by atoms with E-state index in [1.54, 1.807) is 0 Å². The van der Waals surface area contributed by atoms with Gasteiger partial charge in [-0.2, -0.15) is 13.2 Å². The standard InChI is InChI=1S/C26H29N3O3.C2HF3O2/c1-27-25-21-5-2-3-6-23(21)28-17-22(25)18-8-10-19(11-9-18)32-20-12-14-29(15-13-20)26(30)24-7-4-16-31-24;3-2(4,5)1(6)7/h2-3,5-6,8-11,17,20,24H,4,7,12-16H2,1H3,(H,27,28);(H,6,7)/t24-;/m1./s1. The molecule has 2 N–H and O–H groups in total. The molecule has 0 bridgehead atoms. The number of pyridine rings is 1. The molecule has 5 rings (SSSR count). The number of rotatable bonds is 5. The van der Waals surface area contributed by atoms with Gasteiger partial charge < -0.3 is 24.8 Å². The van der Waals surface area contributed by atoms with E-state index >= 15 is 0 Å². The van der Waals surface area contributed by atoms with Crippen molar-refractivity contribution in [1.82, 2.24) is 9.88 Å². The summed E-state index contributed by atoms with van der Waals surface area (Å²) in [7, 11) is 1.94. The lowest BCUT2D eigenvalue weighted by atomic mass is 10.0. The number of para-hydroxylation sites is 1. The molecule has 2 saturated heterocycles. The van der Waals surface area contributed by atoms with Crippen LogP contribution in [0.2, 0.25) is 0 Å². The Hall–Kier alpha value is -3.86. The van der Waals surface area contributed by atoms with E-state index in [1.807, 2.05) is 48.5 Å². The number of carboxylic acids is 1. The highest BCUT2D eigenvalue weighted by atomic mass is 19.4. The third-order valence-electron chi connectivity index (χ3n) is 6.69. The maximum atomic E-state index is 12.5. The Morgan fingerprint density at radius 2 is 1.74 bits per heavy atom. The first kappa shape index (κ1) is 28.2. The van der Waals surface area contributed by atoms with Crippen LogP contribution in [0.5, 0.6) is 5.75 Å². The quantitative estimate of drug-likeness (QED) is 0.459. The molecule has 1 aromatic heterocycles. The summed E-state index contributed by atoms with van der Waals surface area (Å²) in [4.78, 5) is 28.0. The van der Waals surface area contributed by atoms with Gasteiger partial charge in [0.1, 0.15) is 18.0 Å². The van der Waals surface area contributed by atoms with Crippen LogP contribution < -0.4 is 10.1 Å². The smallest absolute Gasteiger partial charge is 0.490 e. The van der Waals surface area contributed by atoms with E-state index < -0.39 is 12.1 Å². The zero-order chi connectivity index (χ0) is 28.0. The molecule has 2 aromatic carbocycles. The number of piperidine rings is 1. The molecule has 11 heteroatoms. The van der Waals surface area contributed by atoms with Gasteiger partial charge in [-0.15, -0.1) is 0 Å². The number of carbonyl (C=O) groups is 2. The highest BCUT2D eigenvalue weighted by molar-refractivity contribution is 5.99. The van der Waals surface area contributed by atoms with Gasteiger partial charge in [0.2, 0.25) is 0 Å². The van der Waals surface area contributed by atoms with E-state index in [0.717, 1.165) is 72.2 Å². The average Bonchev–Trinajstić information content (AvgIpc) is 3.48. The molecule has 3 aromatic rings. The number of hydrogen-bond acceptors (Lipinski definition) is 6. The van der Waals surface area contributed by atoms with Crippen molar-refractivity contribution in [2.45, 2.75) is 44.1 Å². The Kier molecular flexibility index (Phi) is 8.90. The van der Waals surface area contributed by atoms with Crippen LogP contribution in [-0.4, -0.2) is 72.0 Å². The fraction of sp³-hybridized carbons (Fsp3) is 0.393. The number of ether oxygens (including phenoxy) is 2. The molecule has 2 aliphatic rings. The van der Waals surface area contributed by atoms with Crippen LogP contribution in [0.1, 0.15) is 25.7 Å². The third-order valence-corrected chi connectivity index (χ3v) is 6.69. The summed E-state index contributed by atoms with van der Waals surface area (Å²) in [6, 6.07) is 16.4. The van der Waals surface area contributed by atoms with Crippen LogP contribution in [0.15, 0.2) is 54.7 Å². The Balaban J connectivity index is 0.000000448. The monoisotopic (exact) mass is 545 g/mol. The number of alkyl halides is 3. The Morgan fingerprint density at radius 1 is 1.08 bits per heavy atom. The molecule has 3 heterocycles. The number of hydrogen-bond donors (Lipinski definition) is 2. The summed E-state index contributed by atoms with van der Waals surface area (Å²) in [5.74, 6) is -1.75. The fourth-order valence-electron chi connectivity index (χ4n) is 4.71. The predicted octanol–water partition coefficient (Wildman–Crippen LogP) is 5.13. The van der Waals surface area contributed by atoms with Crippen molar-refractivity contribution in [1.29, 1.82) is 0 Å². The second-order valence-electron chi connectivity index (χ2n) is 9.29. The number of aromatic nitrogens is 1. The van der Waals surface area contributed by atoms with Gasteiger partial charge in [0.05, 0.1) is 11.2 Å². The Bertz CT molecular complexity index is 1290. The first-order valence-corrected chi connectivity index (χ1v) is 12.7. The maximum absolute atomic E-state index is 12.5. The molecule has 8 nitrogen and oxygen atoms in total. The van der Waals surface area contributed by atoms with Gasteiger partial charge in [-0.25, -0.2) is 4.79 Å². The lowest BCUT2D eigenvalue weighted by Gasteiger charge is -2.33. The minimum atomic E-state index is -5.08. The van der Waals surface area contributed by atoms with Crippen LogP contribution in [0.25, 0.3) is 22.0 Å². The van der Waals surface area contributed by atoms with Crippen molar-refractivity contribution in [2.24, 2.45) is 0 Å². The fourth-order valence-corrected chi connectivity index (χ4v) is 4.71. The summed E-state index contributed by atoms with van der Waals surface area (Å²) in [6.07, 6.45) is 0.264. The van der Waals surface area contributed by atoms with E-state index in [2.05, 4.69) is 28.5 Å². The van der Waals surface area contributed by atoms with Crippen molar-refractivity contribution in [3.8, 4) is 16.9 Å². The second-order valence-corrected chi connectivity index (χ2v) is 9.29. The Labute approximate surface area is 223 Å². The average molecular weight is 546 g/mol. The van der Waals surface area contributed by atoms with E-state index in [0.29, 0.717) is 6.61 Å². The van der Waals surface area contributed by atoms with Gasteiger partial charge in [0.25, 0.3) is 5.91 Å². The van der Waals surface area contributed by atoms with Crippen molar-refractivity contribution >= 4 is 28.5 Å². The zero-order valence-corrected chi connectivity index (χ0v) is 21.4. The summed E-state index contributed by atoms with van der Waals surface area (Å²) >= 11 is 0. The minimum absolute atomic E-state index is 0.129. The van der Waals surface area contributed by atoms with Crippen LogP contribution in [0, 0.1) is 0 Å². The number of halogens is 3. The Morgan fingerprint density at radius 3 is 2.33 bits per heavy atom. The summed E-state index contributed by atoms with van der Waals surface area (Å²) in [6.45, 7) is 2.17. The molecule has 39 heavy (non-hydrogen) atoms. The number of nitrogens with one attached hydrogen (secondary N) is 1. The number of fused-ring (bicyclic) bond motifs is 1. The van der Waals surface area contributed by atoms with Crippen molar-refractivity contribution in [3.63, 3.8) is 0 Å². The largest absolute Gasteiger partial charge is 0.490 e. The van der Waals surface area contributed by atoms with Gasteiger partial charge in [-0.1, -0.05) is 30.3 Å². The number of carbonyl (C=O) groups excluding carboxylic acids is 1. The first-order valence-electron chi connectivity index (χ1n) is 12.7. The maximum Gasteiger partial charge on any atom is 0.490 e. The van der Waals surface area contributed by atoms with Crippen LogP contribution in [0.4, 0.5) is 18.9 Å². The highest BCUT2D eigenvalue weighted by Crippen LogP contribution is 2.34. The summed E-state index contributed by atoms with van der Waals surface area (Å²) in [5.41, 5.74) is 4.22. The third kappa shape index (κ3) is 6.97. The molecule has 1 amide bonds. The summed E-state index contributed by atoms with van der Waals surface area (Å²) in [5, 5.41) is 11.6. The molecule has 2 fully saturated rings. The number of anilines is 1. The van der Waals surface area contributed by atoms with Gasteiger partial charge in [-0.05, 0) is 36.6 Å². The van der Waals surface area contributed by atoms with Crippen molar-refractivity contribution in [2.75, 3.05) is 32.1 Å². The molecule has 2 aliphatic heterocycles. The first-order chi connectivity index (χ1) is 18.7. The lowest BCUT2D eigenvalue weighted by molar-refractivity contribution is -0.192. The molecule has 1 atom stereocenters. The topological polar surface area (TPSA) is 101 Å². The number of aliphatic carboxylic acids is 1. The van der Waals surface area contributed by atoms with E-state index in [4.69, 9.17) is 19.4 Å². The number of nitrogens with zero attached hydrogens (tertiary/aromatic N) is 2. The molecule has 0 spiro atoms. The van der Waals surface area contributed by atoms with Crippen LogP contribution in [0.3, 0.4) is 0 Å². The van der Waals surface area contributed by atoms with Crippen LogP contribution in [-0.2, 0) is 14.3 Å². The zero-order valence-electron chi connectivity index (χ0n) is 21.4. The number of benzene rings is 2. The van der Waals surface area contributed by atoms with Gasteiger partial charge >= 0.3 is 12.1 Å². The number of likely N-dealkylation sites (tertiary alicyclic amines) is 1. The summed E-state index contributed by atoms with van der Waals surface area (Å²) < 4.78 is 43.5. The molecule has 0 saturated carbocycles. The highest BCUT2D eigenvalue weighted by Gasteiger charge is 2.38. The molecule has 0 unspecified atom stereocenters. The SMILES string of the molecule is CNc1c(-c2ccc(OC3CCN(C(=O)[C@H]4CCCO4)CC3)cc2)cnc2ccccc12.O=C(O)C(F)(F)F. The normalized spacial score (nSPS) is 17.8. The second kappa shape index (κ2) is 12.3. The lowest BCUT2D eigenvalue weighted by Crippen LogP contribution is -2.45. The molecule has 0 radical (unpaired) electrons. The minimum Gasteiger partial charge on any atom is -0.490 e. The van der Waals surface area contributed by atoms with E-state index in [1.165, 1.54) is 0 Å².